The molecule has 78 valence electrons. The average Bonchev–Trinajstić information content (AvgIpc) is 2.45. The fourth-order valence-electron chi connectivity index (χ4n) is 1.64. The van der Waals surface area contributed by atoms with Crippen LogP contribution in [0.25, 0.3) is 0 Å². The number of hydrogen-bond acceptors (Lipinski definition) is 2. The van der Waals surface area contributed by atoms with Gasteiger partial charge in [0.05, 0.1) is 13.0 Å². The molecule has 1 fully saturated rings. The summed E-state index contributed by atoms with van der Waals surface area (Å²) >= 11 is 3.37. The van der Waals surface area contributed by atoms with Crippen LogP contribution in [0.5, 0.6) is 0 Å². The molecule has 0 aromatic heterocycles. The number of amides is 1. The Hall–Kier alpha value is -1.16. The van der Waals surface area contributed by atoms with Gasteiger partial charge in [-0.2, -0.15) is 0 Å². The molecule has 0 radical (unpaired) electrons. The summed E-state index contributed by atoms with van der Waals surface area (Å²) in [4.78, 5) is 24.0. The van der Waals surface area contributed by atoms with E-state index in [2.05, 4.69) is 15.9 Å². The second kappa shape index (κ2) is 4.14. The smallest absolute Gasteiger partial charge is 0.230 e. The van der Waals surface area contributed by atoms with Gasteiger partial charge in [-0.05, 0) is 17.7 Å². The highest BCUT2D eigenvalue weighted by molar-refractivity contribution is 9.10. The Bertz CT molecular complexity index is 417. The minimum absolute atomic E-state index is 0.00926. The summed E-state index contributed by atoms with van der Waals surface area (Å²) in [5, 5.41) is 0. The number of likely N-dealkylation sites (tertiary alicyclic amines) is 1. The molecule has 0 saturated carbocycles. The van der Waals surface area contributed by atoms with Gasteiger partial charge in [-0.25, -0.2) is 0 Å². The summed E-state index contributed by atoms with van der Waals surface area (Å²) in [5.74, 6) is -0.0602. The number of Topliss-reactive ketones (excluding diaryl/α,β-unsaturated/α-hetero) is 1. The van der Waals surface area contributed by atoms with E-state index >= 15 is 0 Å². The third-order valence-corrected chi connectivity index (χ3v) is 2.82. The van der Waals surface area contributed by atoms with Crippen molar-refractivity contribution in [1.82, 2.24) is 4.90 Å². The highest BCUT2D eigenvalue weighted by Crippen LogP contribution is 2.16. The lowest BCUT2D eigenvalue weighted by atomic mass is 10.2. The first-order chi connectivity index (χ1) is 7.15. The first kappa shape index (κ1) is 10.4. The molecule has 3 nitrogen and oxygen atoms in total. The Morgan fingerprint density at radius 1 is 1.33 bits per heavy atom. The molecule has 1 aliphatic rings. The molecule has 1 aromatic carbocycles. The molecule has 15 heavy (non-hydrogen) atoms. The molecule has 0 atom stereocenters. The van der Waals surface area contributed by atoms with Gasteiger partial charge in [-0.1, -0.05) is 28.1 Å². The Morgan fingerprint density at radius 2 is 2.13 bits per heavy atom. The first-order valence-corrected chi connectivity index (χ1v) is 5.48. The van der Waals surface area contributed by atoms with Crippen molar-refractivity contribution in [2.24, 2.45) is 0 Å². The maximum Gasteiger partial charge on any atom is 0.230 e. The number of hydrogen-bond donors (Lipinski definition) is 0. The third-order valence-electron chi connectivity index (χ3n) is 2.33. The third kappa shape index (κ3) is 2.45. The van der Waals surface area contributed by atoms with Gasteiger partial charge in [0.2, 0.25) is 5.91 Å². The Balaban J connectivity index is 2.09. The summed E-state index contributed by atoms with van der Waals surface area (Å²) in [6.07, 6.45) is 0.0635. The molecule has 4 heteroatoms. The van der Waals surface area contributed by atoms with E-state index in [4.69, 9.17) is 0 Å². The monoisotopic (exact) mass is 267 g/mol. The summed E-state index contributed by atoms with van der Waals surface area (Å²) < 4.78 is 0.984. The number of carbonyl (C=O) groups excluding carboxylic acids is 2. The van der Waals surface area contributed by atoms with Gasteiger partial charge >= 0.3 is 0 Å². The van der Waals surface area contributed by atoms with Crippen LogP contribution in [-0.4, -0.2) is 23.1 Å². The zero-order valence-electron chi connectivity index (χ0n) is 8.07. The van der Waals surface area contributed by atoms with Crippen LogP contribution in [0.15, 0.2) is 28.7 Å². The number of nitrogens with zero attached hydrogens (tertiary/aromatic N) is 1. The Labute approximate surface area is 96.2 Å². The minimum atomic E-state index is -0.0695. The predicted molar refractivity (Wildman–Crippen MR) is 59.2 cm³/mol. The molecule has 0 bridgehead atoms. The van der Waals surface area contributed by atoms with Crippen molar-refractivity contribution in [2.75, 3.05) is 6.54 Å². The molecule has 0 aliphatic carbocycles. The van der Waals surface area contributed by atoms with Crippen LogP contribution in [0, 0.1) is 0 Å². The molecule has 1 saturated heterocycles. The van der Waals surface area contributed by atoms with E-state index in [0.29, 0.717) is 6.54 Å². The molecular weight excluding hydrogens is 258 g/mol. The second-order valence-corrected chi connectivity index (χ2v) is 4.51. The van der Waals surface area contributed by atoms with Crippen molar-refractivity contribution < 1.29 is 9.59 Å². The normalized spacial score (nSPS) is 16.2. The Morgan fingerprint density at radius 3 is 2.73 bits per heavy atom. The number of rotatable bonds is 2. The SMILES string of the molecule is O=C1CC(=O)N(Cc2cccc(Br)c2)C1. The molecule has 1 aliphatic heterocycles. The topological polar surface area (TPSA) is 37.4 Å². The second-order valence-electron chi connectivity index (χ2n) is 3.60. The van der Waals surface area contributed by atoms with Gasteiger partial charge in [-0.3, -0.25) is 9.59 Å². The Kier molecular flexibility index (Phi) is 2.86. The predicted octanol–water partition coefficient (Wildman–Crippen LogP) is 1.75. The molecule has 0 unspecified atom stereocenters. The van der Waals surface area contributed by atoms with Gasteiger partial charge in [0.25, 0.3) is 0 Å². The van der Waals surface area contributed by atoms with Crippen molar-refractivity contribution in [3.63, 3.8) is 0 Å². The van der Waals surface area contributed by atoms with E-state index < -0.39 is 0 Å². The maximum atomic E-state index is 11.4. The lowest BCUT2D eigenvalue weighted by Crippen LogP contribution is -2.24. The van der Waals surface area contributed by atoms with Gasteiger partial charge in [-0.15, -0.1) is 0 Å². The standard InChI is InChI=1S/C11H10BrNO2/c12-9-3-1-2-8(4-9)6-13-7-10(14)5-11(13)15/h1-4H,5-7H2. The van der Waals surface area contributed by atoms with Crippen molar-refractivity contribution in [3.8, 4) is 0 Å². The average molecular weight is 268 g/mol. The summed E-state index contributed by atoms with van der Waals surface area (Å²) in [6, 6.07) is 7.75. The highest BCUT2D eigenvalue weighted by Gasteiger charge is 2.26. The lowest BCUT2D eigenvalue weighted by molar-refractivity contribution is -0.128. The van der Waals surface area contributed by atoms with Gasteiger partial charge in [0, 0.05) is 11.0 Å². The van der Waals surface area contributed by atoms with Crippen molar-refractivity contribution in [2.45, 2.75) is 13.0 Å². The maximum absolute atomic E-state index is 11.4. The number of ketones is 1. The summed E-state index contributed by atoms with van der Waals surface area (Å²) in [6.45, 7) is 0.773. The molecular formula is C11H10BrNO2. The van der Waals surface area contributed by atoms with Crippen LogP contribution in [-0.2, 0) is 16.1 Å². The molecule has 1 amide bonds. The zero-order valence-corrected chi connectivity index (χ0v) is 9.66. The fraction of sp³-hybridized carbons (Fsp3) is 0.273. The number of carbonyl (C=O) groups is 2. The van der Waals surface area contributed by atoms with Crippen LogP contribution in [0.1, 0.15) is 12.0 Å². The molecule has 0 N–H and O–H groups in total. The van der Waals surface area contributed by atoms with Crippen LogP contribution in [0.3, 0.4) is 0 Å². The number of benzene rings is 1. The van der Waals surface area contributed by atoms with E-state index in [1.807, 2.05) is 24.3 Å². The largest absolute Gasteiger partial charge is 0.331 e. The van der Waals surface area contributed by atoms with Crippen LogP contribution in [0.2, 0.25) is 0 Å². The van der Waals surface area contributed by atoms with Gasteiger partial charge < -0.3 is 4.90 Å². The van der Waals surface area contributed by atoms with E-state index in [-0.39, 0.29) is 24.7 Å². The first-order valence-electron chi connectivity index (χ1n) is 4.69. The minimum Gasteiger partial charge on any atom is -0.331 e. The fourth-order valence-corrected chi connectivity index (χ4v) is 2.08. The quantitative estimate of drug-likeness (QED) is 0.766. The van der Waals surface area contributed by atoms with E-state index in [9.17, 15) is 9.59 Å². The van der Waals surface area contributed by atoms with Gasteiger partial charge in [0.1, 0.15) is 0 Å². The van der Waals surface area contributed by atoms with Crippen molar-refractivity contribution in [3.05, 3.63) is 34.3 Å². The van der Waals surface area contributed by atoms with E-state index in [1.165, 1.54) is 0 Å². The van der Waals surface area contributed by atoms with Crippen LogP contribution >= 0.6 is 15.9 Å². The number of halogens is 1. The van der Waals surface area contributed by atoms with E-state index in [1.54, 1.807) is 4.90 Å². The lowest BCUT2D eigenvalue weighted by Gasteiger charge is -2.14. The van der Waals surface area contributed by atoms with Crippen LogP contribution < -0.4 is 0 Å². The molecule has 1 aromatic rings. The molecule has 1 heterocycles. The van der Waals surface area contributed by atoms with Gasteiger partial charge in [0.15, 0.2) is 5.78 Å². The van der Waals surface area contributed by atoms with E-state index in [0.717, 1.165) is 10.0 Å². The van der Waals surface area contributed by atoms with Crippen LogP contribution in [0.4, 0.5) is 0 Å². The zero-order chi connectivity index (χ0) is 10.8. The molecule has 0 spiro atoms. The highest BCUT2D eigenvalue weighted by atomic mass is 79.9. The van der Waals surface area contributed by atoms with Crippen molar-refractivity contribution >= 4 is 27.6 Å². The molecule has 2 rings (SSSR count). The summed E-state index contributed by atoms with van der Waals surface area (Å²) in [7, 11) is 0. The summed E-state index contributed by atoms with van der Waals surface area (Å²) in [5.41, 5.74) is 1.03. The van der Waals surface area contributed by atoms with Crippen molar-refractivity contribution in [1.29, 1.82) is 0 Å².